The molecule has 0 bridgehead atoms. The first kappa shape index (κ1) is 16.1. The molecule has 112 valence electrons. The number of Topliss-reactive ketones (excluding diaryl/α,β-unsaturated/α-hetero) is 1. The zero-order valence-corrected chi connectivity index (χ0v) is 13.2. The minimum Gasteiger partial charge on any atom is -0.483 e. The van der Waals surface area contributed by atoms with Gasteiger partial charge in [-0.1, -0.05) is 6.07 Å². The molecule has 0 amide bonds. The summed E-state index contributed by atoms with van der Waals surface area (Å²) in [5, 5.41) is 9.26. The molecule has 0 aliphatic heterocycles. The van der Waals surface area contributed by atoms with Crippen LogP contribution in [0.1, 0.15) is 18.5 Å². The number of benzene rings is 1. The average molecular weight is 312 g/mol. The number of carbonyl (C=O) groups excluding carboxylic acids is 1. The van der Waals surface area contributed by atoms with E-state index in [2.05, 4.69) is 4.98 Å². The molecule has 1 aromatic carbocycles. The van der Waals surface area contributed by atoms with Crippen molar-refractivity contribution < 1.29 is 9.53 Å². The highest BCUT2D eigenvalue weighted by Gasteiger charge is 2.27. The number of thioether (sulfide) groups is 1. The number of ketones is 1. The minimum absolute atomic E-state index is 0.296. The predicted octanol–water partition coefficient (Wildman–Crippen LogP) is 3.45. The molecule has 1 heterocycles. The number of pyridine rings is 1. The number of rotatable bonds is 6. The number of aromatic nitrogens is 1. The number of hydrogen-bond donors (Lipinski definition) is 0. The molecule has 2 rings (SSSR count). The molecule has 5 heteroatoms. The fourth-order valence-corrected chi connectivity index (χ4v) is 2.38. The Morgan fingerprint density at radius 3 is 2.55 bits per heavy atom. The highest BCUT2D eigenvalue weighted by Crippen LogP contribution is 2.22. The van der Waals surface area contributed by atoms with Crippen LogP contribution in [-0.2, 0) is 4.79 Å². The molecule has 0 unspecified atom stereocenters. The molecule has 22 heavy (non-hydrogen) atoms. The summed E-state index contributed by atoms with van der Waals surface area (Å²) < 4.78 is 5.64. The molecule has 4 nitrogen and oxygen atoms in total. The van der Waals surface area contributed by atoms with Gasteiger partial charge in [-0.05, 0) is 49.6 Å². The normalized spacial score (nSPS) is 13.0. The van der Waals surface area contributed by atoms with Crippen LogP contribution in [0.4, 0.5) is 0 Å². The number of nitrogens with zero attached hydrogens (tertiary/aromatic N) is 2. The Kier molecular flexibility index (Phi) is 5.56. The van der Waals surface area contributed by atoms with E-state index in [9.17, 15) is 10.1 Å². The first-order chi connectivity index (χ1) is 10.7. The molecule has 0 N–H and O–H groups in total. The second-order valence-corrected chi connectivity index (χ2v) is 5.53. The van der Waals surface area contributed by atoms with E-state index in [1.807, 2.05) is 36.6 Å². The summed E-state index contributed by atoms with van der Waals surface area (Å²) in [6, 6.07) is 14.7. The lowest BCUT2D eigenvalue weighted by Gasteiger charge is -2.16. The van der Waals surface area contributed by atoms with Crippen molar-refractivity contribution in [1.29, 1.82) is 5.26 Å². The highest BCUT2D eigenvalue weighted by atomic mass is 32.2. The van der Waals surface area contributed by atoms with Gasteiger partial charge in [0.1, 0.15) is 5.75 Å². The Labute approximate surface area is 134 Å². The lowest BCUT2D eigenvalue weighted by atomic mass is 9.98. The van der Waals surface area contributed by atoms with Gasteiger partial charge in [0.15, 0.2) is 17.8 Å². The van der Waals surface area contributed by atoms with Crippen molar-refractivity contribution in [1.82, 2.24) is 4.98 Å². The first-order valence-corrected chi connectivity index (χ1v) is 8.03. The average Bonchev–Trinajstić information content (AvgIpc) is 2.57. The van der Waals surface area contributed by atoms with Crippen molar-refractivity contribution in [3.8, 4) is 11.8 Å². The highest BCUT2D eigenvalue weighted by molar-refractivity contribution is 7.98. The number of ether oxygens (including phenoxy) is 1. The van der Waals surface area contributed by atoms with Gasteiger partial charge in [-0.15, -0.1) is 11.8 Å². The largest absolute Gasteiger partial charge is 0.483 e. The van der Waals surface area contributed by atoms with Crippen LogP contribution in [-0.4, -0.2) is 23.1 Å². The van der Waals surface area contributed by atoms with Crippen molar-refractivity contribution >= 4 is 17.5 Å². The van der Waals surface area contributed by atoms with Crippen LogP contribution in [0.15, 0.2) is 53.6 Å². The summed E-state index contributed by atoms with van der Waals surface area (Å²) in [4.78, 5) is 17.6. The third kappa shape index (κ3) is 3.86. The van der Waals surface area contributed by atoms with E-state index < -0.39 is 12.0 Å². The number of hydrogen-bond acceptors (Lipinski definition) is 5. The summed E-state index contributed by atoms with van der Waals surface area (Å²) in [5.41, 5.74) is 0.447. The van der Waals surface area contributed by atoms with Gasteiger partial charge in [0.25, 0.3) is 0 Å². The molecule has 0 fully saturated rings. The van der Waals surface area contributed by atoms with E-state index in [-0.39, 0.29) is 5.78 Å². The van der Waals surface area contributed by atoms with Crippen LogP contribution >= 0.6 is 11.8 Å². The molecule has 0 aliphatic rings. The molecule has 0 aliphatic carbocycles. The topological polar surface area (TPSA) is 63.0 Å². The van der Waals surface area contributed by atoms with Crippen molar-refractivity contribution in [2.75, 3.05) is 6.26 Å². The van der Waals surface area contributed by atoms with E-state index in [0.29, 0.717) is 11.4 Å². The molecular weight excluding hydrogens is 296 g/mol. The summed E-state index contributed by atoms with van der Waals surface area (Å²) in [5.74, 6) is -0.604. The summed E-state index contributed by atoms with van der Waals surface area (Å²) >= 11 is 1.63. The Morgan fingerprint density at radius 2 is 2.00 bits per heavy atom. The van der Waals surface area contributed by atoms with Gasteiger partial charge < -0.3 is 4.74 Å². The second kappa shape index (κ2) is 7.62. The maximum absolute atomic E-state index is 12.4. The van der Waals surface area contributed by atoms with E-state index in [1.54, 1.807) is 43.1 Å². The molecule has 1 aromatic heterocycles. The van der Waals surface area contributed by atoms with Crippen LogP contribution in [0.3, 0.4) is 0 Å². The number of nitriles is 1. The van der Waals surface area contributed by atoms with Gasteiger partial charge in [-0.25, -0.2) is 0 Å². The molecule has 0 saturated carbocycles. The smallest absolute Gasteiger partial charge is 0.196 e. The SMILES string of the molecule is CSc1ccc(O[C@H](C)C(=O)[C@H](C#N)c2ccccn2)cc1. The third-order valence-corrected chi connectivity index (χ3v) is 3.91. The first-order valence-electron chi connectivity index (χ1n) is 6.80. The standard InChI is InChI=1S/C17H16N2O2S/c1-12(21-13-6-8-14(22-2)9-7-13)17(20)15(11-18)16-5-3-4-10-19-16/h3-10,12,15H,1-2H3/t12-,15-/m1/s1. The van der Waals surface area contributed by atoms with Gasteiger partial charge >= 0.3 is 0 Å². The Bertz CT molecular complexity index is 665. The lowest BCUT2D eigenvalue weighted by molar-refractivity contribution is -0.125. The Hall–Kier alpha value is -2.32. The van der Waals surface area contributed by atoms with Gasteiger partial charge in [0.05, 0.1) is 11.8 Å². The summed E-state index contributed by atoms with van der Waals surface area (Å²) in [7, 11) is 0. The lowest BCUT2D eigenvalue weighted by Crippen LogP contribution is -2.29. The minimum atomic E-state index is -0.915. The second-order valence-electron chi connectivity index (χ2n) is 4.65. The van der Waals surface area contributed by atoms with E-state index in [0.717, 1.165) is 4.90 Å². The monoisotopic (exact) mass is 312 g/mol. The van der Waals surface area contributed by atoms with Crippen LogP contribution < -0.4 is 4.74 Å². The third-order valence-electron chi connectivity index (χ3n) is 3.17. The quantitative estimate of drug-likeness (QED) is 0.764. The van der Waals surface area contributed by atoms with E-state index >= 15 is 0 Å². The van der Waals surface area contributed by atoms with Crippen LogP contribution in [0, 0.1) is 11.3 Å². The molecule has 0 saturated heterocycles. The maximum Gasteiger partial charge on any atom is 0.196 e. The van der Waals surface area contributed by atoms with Crippen LogP contribution in [0.25, 0.3) is 0 Å². The van der Waals surface area contributed by atoms with Crippen molar-refractivity contribution in [3.05, 3.63) is 54.4 Å². The van der Waals surface area contributed by atoms with Gasteiger partial charge in [0, 0.05) is 11.1 Å². The fourth-order valence-electron chi connectivity index (χ4n) is 1.97. The molecule has 0 spiro atoms. The molecule has 2 atom stereocenters. The zero-order chi connectivity index (χ0) is 15.9. The maximum atomic E-state index is 12.4. The summed E-state index contributed by atoms with van der Waals surface area (Å²) in [6.45, 7) is 1.65. The number of carbonyl (C=O) groups is 1. The molecular formula is C17H16N2O2S. The van der Waals surface area contributed by atoms with Gasteiger partial charge in [-0.3, -0.25) is 9.78 Å². The van der Waals surface area contributed by atoms with Crippen molar-refractivity contribution in [2.24, 2.45) is 0 Å². The van der Waals surface area contributed by atoms with E-state index in [4.69, 9.17) is 4.74 Å². The summed E-state index contributed by atoms with van der Waals surface area (Å²) in [6.07, 6.45) is 2.85. The Balaban J connectivity index is 2.09. The Morgan fingerprint density at radius 1 is 1.27 bits per heavy atom. The van der Waals surface area contributed by atoms with E-state index in [1.165, 1.54) is 0 Å². The van der Waals surface area contributed by atoms with Crippen molar-refractivity contribution in [2.45, 2.75) is 23.8 Å². The zero-order valence-electron chi connectivity index (χ0n) is 12.4. The fraction of sp³-hybridized carbons (Fsp3) is 0.235. The molecule has 2 aromatic rings. The van der Waals surface area contributed by atoms with Gasteiger partial charge in [-0.2, -0.15) is 5.26 Å². The molecule has 0 radical (unpaired) electrons. The predicted molar refractivity (Wildman–Crippen MR) is 85.9 cm³/mol. The van der Waals surface area contributed by atoms with Crippen molar-refractivity contribution in [3.63, 3.8) is 0 Å². The van der Waals surface area contributed by atoms with Crippen LogP contribution in [0.5, 0.6) is 5.75 Å². The van der Waals surface area contributed by atoms with Gasteiger partial charge in [0.2, 0.25) is 0 Å². The van der Waals surface area contributed by atoms with Crippen LogP contribution in [0.2, 0.25) is 0 Å².